The lowest BCUT2D eigenvalue weighted by Crippen LogP contribution is -2.44. The van der Waals surface area contributed by atoms with Gasteiger partial charge in [0.15, 0.2) is 5.65 Å². The van der Waals surface area contributed by atoms with E-state index in [0.717, 1.165) is 0 Å². The minimum atomic E-state index is -4.61. The van der Waals surface area contributed by atoms with Gasteiger partial charge in [0.05, 0.1) is 0 Å². The van der Waals surface area contributed by atoms with Crippen molar-refractivity contribution in [1.29, 1.82) is 0 Å². The van der Waals surface area contributed by atoms with Gasteiger partial charge in [-0.15, -0.1) is 28.5 Å². The summed E-state index contributed by atoms with van der Waals surface area (Å²) in [4.78, 5) is 2.19. The van der Waals surface area contributed by atoms with Crippen LogP contribution >= 0.6 is 0 Å². The molecule has 0 aliphatic heterocycles. The van der Waals surface area contributed by atoms with Crippen LogP contribution in [-0.2, 0) is 6.18 Å². The van der Waals surface area contributed by atoms with Crippen molar-refractivity contribution in [3.8, 4) is 0 Å². The fraction of sp³-hybridized carbons (Fsp3) is 0.471. The van der Waals surface area contributed by atoms with Gasteiger partial charge >= 0.3 is 6.18 Å². The van der Waals surface area contributed by atoms with Crippen molar-refractivity contribution in [2.24, 2.45) is 5.92 Å². The molecule has 2 aromatic heterocycles. The lowest BCUT2D eigenvalue weighted by molar-refractivity contribution is -0.146. The van der Waals surface area contributed by atoms with Gasteiger partial charge in [-0.05, 0) is 18.1 Å². The Hall–Kier alpha value is -2.42. The lowest BCUT2D eigenvalue weighted by Gasteiger charge is -2.33. The van der Waals surface area contributed by atoms with Gasteiger partial charge in [-0.1, -0.05) is 26.0 Å². The molecule has 0 aliphatic rings. The average molecular weight is 368 g/mol. The first kappa shape index (κ1) is 19.9. The van der Waals surface area contributed by atoms with Gasteiger partial charge in [0.25, 0.3) is 5.82 Å². The summed E-state index contributed by atoms with van der Waals surface area (Å²) in [7, 11) is 0. The van der Waals surface area contributed by atoms with Crippen molar-refractivity contribution in [2.75, 3.05) is 25.0 Å². The number of nitrogens with zero attached hydrogens (tertiary/aromatic N) is 5. The standard InChI is InChI=1S/C17H23F3N6/c1-5-9-25(10-6-2)13(12(3)4)11-21-14-7-8-15-22-23-16(17(18,19)20)26(15)24-14/h5-8,12-13H,1-2,9-11H2,3-4H3,(H,21,24)/t13-/m0/s1. The van der Waals surface area contributed by atoms with Gasteiger partial charge in [0, 0.05) is 25.7 Å². The van der Waals surface area contributed by atoms with E-state index in [2.05, 4.69) is 52.5 Å². The SMILES string of the molecule is C=CCN(CC=C)[C@@H](CNc1ccc2nnc(C(F)(F)F)n2n1)C(C)C. The van der Waals surface area contributed by atoms with E-state index in [1.54, 1.807) is 6.07 Å². The van der Waals surface area contributed by atoms with E-state index in [0.29, 0.717) is 35.9 Å². The number of rotatable bonds is 9. The van der Waals surface area contributed by atoms with Crippen LogP contribution < -0.4 is 5.32 Å². The second-order valence-electron chi connectivity index (χ2n) is 6.23. The zero-order chi connectivity index (χ0) is 19.3. The molecule has 0 aliphatic carbocycles. The van der Waals surface area contributed by atoms with Crippen LogP contribution in [0, 0.1) is 5.92 Å². The summed E-state index contributed by atoms with van der Waals surface area (Å²) in [6.45, 7) is 13.6. The third kappa shape index (κ3) is 4.60. The Kier molecular flexibility index (Phi) is 6.36. The summed E-state index contributed by atoms with van der Waals surface area (Å²) in [6.07, 6.45) is -0.984. The predicted octanol–water partition coefficient (Wildman–Crippen LogP) is 3.25. The number of nitrogens with one attached hydrogen (secondary N) is 1. The zero-order valence-corrected chi connectivity index (χ0v) is 14.9. The molecule has 1 atom stereocenters. The van der Waals surface area contributed by atoms with Gasteiger partial charge in [0.1, 0.15) is 5.82 Å². The molecule has 1 N–H and O–H groups in total. The van der Waals surface area contributed by atoms with Crippen LogP contribution in [0.5, 0.6) is 0 Å². The van der Waals surface area contributed by atoms with Crippen LogP contribution in [-0.4, -0.2) is 50.4 Å². The molecule has 0 bridgehead atoms. The van der Waals surface area contributed by atoms with Gasteiger partial charge in [0.2, 0.25) is 0 Å². The second kappa shape index (κ2) is 8.31. The van der Waals surface area contributed by atoms with E-state index in [-0.39, 0.29) is 11.7 Å². The summed E-state index contributed by atoms with van der Waals surface area (Å²) < 4.78 is 39.6. The molecule has 0 radical (unpaired) electrons. The number of hydrogen-bond acceptors (Lipinski definition) is 5. The summed E-state index contributed by atoms with van der Waals surface area (Å²) in [5.41, 5.74) is 0.0447. The second-order valence-corrected chi connectivity index (χ2v) is 6.23. The van der Waals surface area contributed by atoms with Gasteiger partial charge in [-0.25, -0.2) is 0 Å². The molecular weight excluding hydrogens is 345 g/mol. The van der Waals surface area contributed by atoms with Crippen molar-refractivity contribution in [1.82, 2.24) is 24.7 Å². The Bertz CT molecular complexity index is 743. The molecule has 2 heterocycles. The van der Waals surface area contributed by atoms with Crippen LogP contribution in [0.3, 0.4) is 0 Å². The summed E-state index contributed by atoms with van der Waals surface area (Å²) in [6, 6.07) is 3.17. The monoisotopic (exact) mass is 368 g/mol. The maximum Gasteiger partial charge on any atom is 0.453 e. The third-order valence-electron chi connectivity index (χ3n) is 3.97. The first-order chi connectivity index (χ1) is 12.3. The number of anilines is 1. The fourth-order valence-corrected chi connectivity index (χ4v) is 2.73. The maximum atomic E-state index is 13.0. The van der Waals surface area contributed by atoms with E-state index in [1.807, 2.05) is 12.2 Å². The average Bonchev–Trinajstić information content (AvgIpc) is 2.98. The molecule has 9 heteroatoms. The van der Waals surface area contributed by atoms with Crippen LogP contribution in [0.1, 0.15) is 19.7 Å². The normalized spacial score (nSPS) is 13.3. The zero-order valence-electron chi connectivity index (χ0n) is 14.9. The molecule has 0 saturated carbocycles. The first-order valence-electron chi connectivity index (χ1n) is 8.27. The molecule has 0 aromatic carbocycles. The van der Waals surface area contributed by atoms with E-state index < -0.39 is 12.0 Å². The van der Waals surface area contributed by atoms with Crippen molar-refractivity contribution in [3.63, 3.8) is 0 Å². The molecule has 2 aromatic rings. The van der Waals surface area contributed by atoms with Gasteiger partial charge in [-0.3, -0.25) is 4.90 Å². The lowest BCUT2D eigenvalue weighted by atomic mass is 10.0. The Morgan fingerprint density at radius 2 is 1.85 bits per heavy atom. The van der Waals surface area contributed by atoms with E-state index in [4.69, 9.17) is 0 Å². The van der Waals surface area contributed by atoms with Gasteiger partial charge in [-0.2, -0.15) is 17.7 Å². The topological polar surface area (TPSA) is 58.3 Å². The molecule has 26 heavy (non-hydrogen) atoms. The van der Waals surface area contributed by atoms with E-state index >= 15 is 0 Å². The highest BCUT2D eigenvalue weighted by Crippen LogP contribution is 2.27. The van der Waals surface area contributed by atoms with E-state index in [1.165, 1.54) is 6.07 Å². The van der Waals surface area contributed by atoms with Crippen LogP contribution in [0.15, 0.2) is 37.4 Å². The highest BCUT2D eigenvalue weighted by molar-refractivity contribution is 5.44. The minimum absolute atomic E-state index is 0.0447. The first-order valence-corrected chi connectivity index (χ1v) is 8.27. The Morgan fingerprint density at radius 3 is 2.38 bits per heavy atom. The molecule has 0 saturated heterocycles. The number of halogens is 3. The molecule has 0 amide bonds. The number of aromatic nitrogens is 4. The molecule has 0 unspecified atom stereocenters. The van der Waals surface area contributed by atoms with Crippen molar-refractivity contribution in [3.05, 3.63) is 43.3 Å². The highest BCUT2D eigenvalue weighted by atomic mass is 19.4. The van der Waals surface area contributed by atoms with Gasteiger partial charge < -0.3 is 5.32 Å². The predicted molar refractivity (Wildman–Crippen MR) is 94.9 cm³/mol. The fourth-order valence-electron chi connectivity index (χ4n) is 2.73. The Balaban J connectivity index is 2.20. The Morgan fingerprint density at radius 1 is 1.19 bits per heavy atom. The Labute approximate surface area is 150 Å². The highest BCUT2D eigenvalue weighted by Gasteiger charge is 2.37. The molecular formula is C17H23F3N6. The van der Waals surface area contributed by atoms with Crippen molar-refractivity contribution in [2.45, 2.75) is 26.1 Å². The number of hydrogen-bond donors (Lipinski definition) is 1. The smallest absolute Gasteiger partial charge is 0.367 e. The quantitative estimate of drug-likeness (QED) is 0.689. The molecule has 0 spiro atoms. The van der Waals surface area contributed by atoms with E-state index in [9.17, 15) is 13.2 Å². The van der Waals surface area contributed by atoms with Crippen LogP contribution in [0.2, 0.25) is 0 Å². The molecule has 142 valence electrons. The molecule has 2 rings (SSSR count). The van der Waals surface area contributed by atoms with Crippen LogP contribution in [0.4, 0.5) is 19.0 Å². The number of fused-ring (bicyclic) bond motifs is 1. The summed E-state index contributed by atoms with van der Waals surface area (Å²) in [5.74, 6) is -0.506. The minimum Gasteiger partial charge on any atom is -0.367 e. The maximum absolute atomic E-state index is 13.0. The molecule has 6 nitrogen and oxygen atoms in total. The van der Waals surface area contributed by atoms with Crippen LogP contribution in [0.25, 0.3) is 5.65 Å². The largest absolute Gasteiger partial charge is 0.453 e. The summed E-state index contributed by atoms with van der Waals surface area (Å²) in [5, 5.41) is 13.8. The third-order valence-corrected chi connectivity index (χ3v) is 3.97. The van der Waals surface area contributed by atoms with Crippen molar-refractivity contribution >= 4 is 11.5 Å². The number of alkyl halides is 3. The summed E-state index contributed by atoms with van der Waals surface area (Å²) >= 11 is 0. The van der Waals surface area contributed by atoms with Crippen molar-refractivity contribution < 1.29 is 13.2 Å². The molecule has 0 fully saturated rings.